The number of rotatable bonds is 3. The van der Waals surface area contributed by atoms with Gasteiger partial charge in [-0.3, -0.25) is 4.18 Å². The lowest BCUT2D eigenvalue weighted by Gasteiger charge is -2.02. The zero-order valence-corrected chi connectivity index (χ0v) is 10.6. The molecule has 0 radical (unpaired) electrons. The van der Waals surface area contributed by atoms with E-state index in [4.69, 9.17) is 0 Å². The average molecular weight is 253 g/mol. The number of thiazole rings is 1. The molecule has 0 saturated carbocycles. The summed E-state index contributed by atoms with van der Waals surface area (Å²) < 4.78 is 34.2. The van der Waals surface area contributed by atoms with E-state index < -0.39 is 10.4 Å². The minimum Gasteiger partial charge on any atom is -0.726 e. The SMILES string of the molecule is CCOS(=O)(=O)[O-].CC[n+]1cscc1C. The summed E-state index contributed by atoms with van der Waals surface area (Å²) in [5.41, 5.74) is 3.49. The third kappa shape index (κ3) is 7.43. The second-order valence-corrected chi connectivity index (χ2v) is 4.37. The predicted octanol–water partition coefficient (Wildman–Crippen LogP) is 0.847. The maximum absolute atomic E-state index is 9.45. The molecule has 0 atom stereocenters. The molecular weight excluding hydrogens is 238 g/mol. The van der Waals surface area contributed by atoms with Crippen LogP contribution in [0.15, 0.2) is 10.9 Å². The molecule has 0 aromatic carbocycles. The summed E-state index contributed by atoms with van der Waals surface area (Å²) in [5.74, 6) is 0. The maximum Gasteiger partial charge on any atom is 0.224 e. The van der Waals surface area contributed by atoms with E-state index in [1.807, 2.05) is 0 Å². The van der Waals surface area contributed by atoms with Crippen LogP contribution in [-0.2, 0) is 21.1 Å². The van der Waals surface area contributed by atoms with Gasteiger partial charge in [0, 0.05) is 6.92 Å². The second-order valence-electron chi connectivity index (χ2n) is 2.60. The second kappa shape index (κ2) is 6.89. The first kappa shape index (κ1) is 14.5. The molecule has 5 nitrogen and oxygen atoms in total. The van der Waals surface area contributed by atoms with Gasteiger partial charge in [0.1, 0.15) is 6.54 Å². The Hall–Kier alpha value is -0.500. The number of aryl methyl sites for hydroxylation is 2. The Labute approximate surface area is 94.3 Å². The van der Waals surface area contributed by atoms with E-state index in [-0.39, 0.29) is 6.61 Å². The van der Waals surface area contributed by atoms with Crippen molar-refractivity contribution in [3.63, 3.8) is 0 Å². The highest BCUT2D eigenvalue weighted by Gasteiger charge is 2.00. The van der Waals surface area contributed by atoms with Crippen molar-refractivity contribution in [1.82, 2.24) is 0 Å². The molecule has 0 spiro atoms. The van der Waals surface area contributed by atoms with Crippen molar-refractivity contribution < 1.29 is 21.7 Å². The van der Waals surface area contributed by atoms with Gasteiger partial charge in [0.25, 0.3) is 0 Å². The van der Waals surface area contributed by atoms with Crippen molar-refractivity contribution in [2.45, 2.75) is 27.3 Å². The van der Waals surface area contributed by atoms with Crippen LogP contribution in [0.5, 0.6) is 0 Å². The van der Waals surface area contributed by atoms with Gasteiger partial charge in [-0.25, -0.2) is 8.42 Å². The Balaban J connectivity index is 0.000000265. The molecule has 1 aromatic heterocycles. The molecule has 88 valence electrons. The van der Waals surface area contributed by atoms with Crippen molar-refractivity contribution in [2.75, 3.05) is 6.61 Å². The highest BCUT2D eigenvalue weighted by molar-refractivity contribution is 7.80. The molecule has 1 heterocycles. The normalized spacial score (nSPS) is 10.7. The summed E-state index contributed by atoms with van der Waals surface area (Å²) in [4.78, 5) is 0. The minimum absolute atomic E-state index is 0.0914. The number of nitrogens with zero attached hydrogens (tertiary/aromatic N) is 1. The molecule has 0 unspecified atom stereocenters. The van der Waals surface area contributed by atoms with Gasteiger partial charge in [0.15, 0.2) is 5.69 Å². The van der Waals surface area contributed by atoms with Gasteiger partial charge in [0.2, 0.25) is 15.9 Å². The quantitative estimate of drug-likeness (QED) is 0.455. The molecule has 0 aliphatic carbocycles. The van der Waals surface area contributed by atoms with Crippen molar-refractivity contribution in [2.24, 2.45) is 0 Å². The van der Waals surface area contributed by atoms with Gasteiger partial charge < -0.3 is 4.55 Å². The van der Waals surface area contributed by atoms with E-state index in [0.29, 0.717) is 0 Å². The van der Waals surface area contributed by atoms with Crippen LogP contribution in [0.4, 0.5) is 0 Å². The Morgan fingerprint density at radius 2 is 2.13 bits per heavy atom. The molecule has 0 amide bonds. The van der Waals surface area contributed by atoms with Crippen molar-refractivity contribution in [3.05, 3.63) is 16.6 Å². The molecule has 15 heavy (non-hydrogen) atoms. The Bertz CT molecular complexity index is 372. The van der Waals surface area contributed by atoms with Crippen LogP contribution < -0.4 is 4.57 Å². The van der Waals surface area contributed by atoms with E-state index in [0.717, 1.165) is 6.54 Å². The van der Waals surface area contributed by atoms with Gasteiger partial charge in [-0.15, -0.1) is 0 Å². The lowest BCUT2D eigenvalue weighted by atomic mass is 10.5. The van der Waals surface area contributed by atoms with Crippen molar-refractivity contribution >= 4 is 21.7 Å². The minimum atomic E-state index is -4.42. The molecule has 0 aliphatic heterocycles. The monoisotopic (exact) mass is 253 g/mol. The summed E-state index contributed by atoms with van der Waals surface area (Å²) in [6.45, 7) is 6.70. The largest absolute Gasteiger partial charge is 0.726 e. The van der Waals surface area contributed by atoms with Crippen LogP contribution in [0.2, 0.25) is 0 Å². The first-order valence-corrected chi connectivity index (χ1v) is 6.70. The molecule has 0 N–H and O–H groups in total. The number of aromatic nitrogens is 1. The molecule has 0 fully saturated rings. The van der Waals surface area contributed by atoms with Crippen LogP contribution in [0.1, 0.15) is 19.5 Å². The predicted molar refractivity (Wildman–Crippen MR) is 56.2 cm³/mol. The van der Waals surface area contributed by atoms with Crippen LogP contribution >= 0.6 is 11.3 Å². The molecule has 0 bridgehead atoms. The zero-order valence-electron chi connectivity index (χ0n) is 8.97. The smallest absolute Gasteiger partial charge is 0.224 e. The van der Waals surface area contributed by atoms with Crippen LogP contribution in [0.25, 0.3) is 0 Å². The van der Waals surface area contributed by atoms with Crippen LogP contribution in [0, 0.1) is 6.92 Å². The van der Waals surface area contributed by atoms with E-state index >= 15 is 0 Å². The first-order valence-electron chi connectivity index (χ1n) is 4.43. The molecule has 1 aromatic rings. The summed E-state index contributed by atoms with van der Waals surface area (Å²) in [6.07, 6.45) is 0. The summed E-state index contributed by atoms with van der Waals surface area (Å²) >= 11 is 1.75. The van der Waals surface area contributed by atoms with Crippen molar-refractivity contribution in [3.8, 4) is 0 Å². The fourth-order valence-electron chi connectivity index (χ4n) is 0.821. The summed E-state index contributed by atoms with van der Waals surface area (Å²) in [6, 6.07) is 0. The maximum atomic E-state index is 9.45. The summed E-state index contributed by atoms with van der Waals surface area (Å²) in [7, 11) is -4.42. The standard InChI is InChI=1S/C6H10NS.C2H6O4S/c1-3-7-5-8-4-6(7)2;1-2-6-7(3,4)5/h4-5H,3H2,1-2H3;2H2,1H3,(H,3,4,5)/q+1;/p-1. The van der Waals surface area contributed by atoms with E-state index in [9.17, 15) is 13.0 Å². The van der Waals surface area contributed by atoms with E-state index in [1.165, 1.54) is 12.6 Å². The van der Waals surface area contributed by atoms with E-state index in [2.05, 4.69) is 33.5 Å². The van der Waals surface area contributed by atoms with Crippen molar-refractivity contribution in [1.29, 1.82) is 0 Å². The Morgan fingerprint density at radius 1 is 1.53 bits per heavy atom. The molecule has 7 heteroatoms. The lowest BCUT2D eigenvalue weighted by Crippen LogP contribution is -2.31. The topological polar surface area (TPSA) is 70.3 Å². The fourth-order valence-corrected chi connectivity index (χ4v) is 1.97. The van der Waals surface area contributed by atoms with E-state index in [1.54, 1.807) is 11.3 Å². The Kier molecular flexibility index (Phi) is 6.66. The molecular formula is C8H15NO4S2. The number of hydrogen-bond donors (Lipinski definition) is 0. The molecule has 1 rings (SSSR count). The van der Waals surface area contributed by atoms with Gasteiger partial charge in [-0.2, -0.15) is 4.57 Å². The average Bonchev–Trinajstić information content (AvgIpc) is 2.49. The van der Waals surface area contributed by atoms with Gasteiger partial charge in [-0.1, -0.05) is 11.3 Å². The van der Waals surface area contributed by atoms with Gasteiger partial charge >= 0.3 is 0 Å². The lowest BCUT2D eigenvalue weighted by molar-refractivity contribution is -0.694. The van der Waals surface area contributed by atoms with Crippen LogP contribution in [0.3, 0.4) is 0 Å². The van der Waals surface area contributed by atoms with Gasteiger partial charge in [0.05, 0.1) is 12.0 Å². The Morgan fingerprint density at radius 3 is 2.27 bits per heavy atom. The first-order chi connectivity index (χ1) is 6.90. The summed E-state index contributed by atoms with van der Waals surface area (Å²) in [5, 5.41) is 2.16. The third-order valence-electron chi connectivity index (χ3n) is 1.48. The fraction of sp³-hybridized carbons (Fsp3) is 0.625. The zero-order chi connectivity index (χ0) is 11.9. The number of hydrogen-bond acceptors (Lipinski definition) is 5. The highest BCUT2D eigenvalue weighted by atomic mass is 32.3. The molecule has 0 saturated heterocycles. The molecule has 0 aliphatic rings. The van der Waals surface area contributed by atoms with Crippen LogP contribution in [-0.4, -0.2) is 19.6 Å². The highest BCUT2D eigenvalue weighted by Crippen LogP contribution is 1.95. The third-order valence-corrected chi connectivity index (χ3v) is 2.86. The van der Waals surface area contributed by atoms with Gasteiger partial charge in [-0.05, 0) is 13.8 Å².